The molecule has 0 radical (unpaired) electrons. The van der Waals surface area contributed by atoms with Crippen LogP contribution in [0.4, 0.5) is 4.39 Å². The summed E-state index contributed by atoms with van der Waals surface area (Å²) >= 11 is 6.34. The first-order valence-corrected chi connectivity index (χ1v) is 18.2. The Balaban J connectivity index is 2.02. The lowest BCUT2D eigenvalue weighted by molar-refractivity contribution is -0.179. The van der Waals surface area contributed by atoms with Crippen LogP contribution in [-0.4, -0.2) is 69.4 Å². The SMILES string of the molecule is COCC[C@H]([C@@H](C)[C@@H]1C/C=C/C(=O)N[C@H](Cc2ccc(OC)c(Cl)c2)C(=O)NCC(C)(C)C(=O)O[C@@H](CC(C)C)C(=O)O1)[C@@H](C)c1ccc(F)cc1. The van der Waals surface area contributed by atoms with Crippen LogP contribution in [0.15, 0.2) is 54.6 Å². The Hall–Kier alpha value is -3.96. The van der Waals surface area contributed by atoms with Crippen molar-refractivity contribution in [2.45, 2.75) is 91.4 Å². The summed E-state index contributed by atoms with van der Waals surface area (Å²) in [6, 6.07) is 10.4. The number of rotatable bonds is 12. The number of hydrogen-bond donors (Lipinski definition) is 2. The van der Waals surface area contributed by atoms with Crippen molar-refractivity contribution in [3.63, 3.8) is 0 Å². The zero-order chi connectivity index (χ0) is 38.6. The van der Waals surface area contributed by atoms with Crippen molar-refractivity contribution in [1.29, 1.82) is 0 Å². The molecule has 2 aromatic carbocycles. The quantitative estimate of drug-likeness (QED) is 0.233. The van der Waals surface area contributed by atoms with Crippen LogP contribution in [0.1, 0.15) is 77.8 Å². The fourth-order valence-electron chi connectivity index (χ4n) is 6.33. The Morgan fingerprint density at radius 1 is 1.00 bits per heavy atom. The number of hydrogen-bond acceptors (Lipinski definition) is 8. The Morgan fingerprint density at radius 3 is 2.31 bits per heavy atom. The summed E-state index contributed by atoms with van der Waals surface area (Å²) in [7, 11) is 3.11. The molecule has 0 unspecified atom stereocenters. The summed E-state index contributed by atoms with van der Waals surface area (Å²) in [6.45, 7) is 11.4. The van der Waals surface area contributed by atoms with Crippen LogP contribution in [0.5, 0.6) is 5.75 Å². The number of benzene rings is 2. The molecule has 2 aromatic rings. The van der Waals surface area contributed by atoms with Crippen molar-refractivity contribution in [1.82, 2.24) is 10.6 Å². The third-order valence-electron chi connectivity index (χ3n) is 9.60. The fourth-order valence-corrected chi connectivity index (χ4v) is 6.61. The smallest absolute Gasteiger partial charge is 0.347 e. The Labute approximate surface area is 312 Å². The van der Waals surface area contributed by atoms with Gasteiger partial charge in [0.15, 0.2) is 6.10 Å². The molecule has 286 valence electrons. The number of carbonyl (C=O) groups excluding carboxylic acids is 4. The molecule has 0 aromatic heterocycles. The molecule has 2 N–H and O–H groups in total. The molecule has 10 nitrogen and oxygen atoms in total. The normalized spacial score (nSPS) is 22.7. The zero-order valence-electron chi connectivity index (χ0n) is 31.5. The molecule has 3 rings (SSSR count). The summed E-state index contributed by atoms with van der Waals surface area (Å²) in [5.74, 6) is -2.75. The van der Waals surface area contributed by atoms with Gasteiger partial charge in [0.05, 0.1) is 17.5 Å². The fraction of sp³-hybridized carbons (Fsp3) is 0.550. The first kappa shape index (κ1) is 42.5. The van der Waals surface area contributed by atoms with Crippen LogP contribution in [0, 0.1) is 29.0 Å². The predicted octanol–water partition coefficient (Wildman–Crippen LogP) is 6.58. The van der Waals surface area contributed by atoms with Crippen LogP contribution in [0.2, 0.25) is 5.02 Å². The van der Waals surface area contributed by atoms with E-state index in [-0.39, 0.29) is 55.3 Å². The van der Waals surface area contributed by atoms with E-state index in [9.17, 15) is 23.6 Å². The van der Waals surface area contributed by atoms with E-state index in [2.05, 4.69) is 10.6 Å². The minimum atomic E-state index is -1.23. The van der Waals surface area contributed by atoms with Crippen LogP contribution < -0.4 is 15.4 Å². The van der Waals surface area contributed by atoms with Crippen LogP contribution >= 0.6 is 11.6 Å². The third kappa shape index (κ3) is 12.3. The summed E-state index contributed by atoms with van der Waals surface area (Å²) in [6.07, 6.45) is 2.08. The second-order valence-electron chi connectivity index (χ2n) is 14.6. The number of nitrogens with one attached hydrogen (secondary N) is 2. The molecule has 1 aliphatic heterocycles. The lowest BCUT2D eigenvalue weighted by Crippen LogP contribution is -2.51. The van der Waals surface area contributed by atoms with E-state index in [1.54, 1.807) is 57.4 Å². The number of ether oxygens (including phenoxy) is 4. The zero-order valence-corrected chi connectivity index (χ0v) is 32.3. The van der Waals surface area contributed by atoms with Gasteiger partial charge in [-0.2, -0.15) is 0 Å². The highest BCUT2D eigenvalue weighted by Gasteiger charge is 2.38. The highest BCUT2D eigenvalue weighted by molar-refractivity contribution is 6.32. The standard InChI is InChI=1S/C40H54ClFN2O8/c1-24(2)20-35-38(47)51-33(26(4)30(18-19-49-7)25(3)28-13-15-29(42)16-14-28)10-9-11-36(45)44-32(22-27-12-17-34(50-8)31(41)21-27)37(46)43-23-40(5,6)39(48)52-35/h9,11-17,21,24-26,30,32-33,35H,10,18-20,22-23H2,1-8H3,(H,43,46)(H,44,45)/b11-9+/t25-,26+,30-,32+,33-,35-/m0/s1. The second kappa shape index (κ2) is 19.8. The third-order valence-corrected chi connectivity index (χ3v) is 9.90. The maximum Gasteiger partial charge on any atom is 0.347 e. The number of cyclic esters (lactones) is 2. The number of amides is 2. The van der Waals surface area contributed by atoms with Gasteiger partial charge >= 0.3 is 11.9 Å². The van der Waals surface area contributed by atoms with Crippen molar-refractivity contribution < 1.29 is 42.5 Å². The molecule has 0 bridgehead atoms. The lowest BCUT2D eigenvalue weighted by atomic mass is 9.75. The Morgan fingerprint density at radius 2 is 1.69 bits per heavy atom. The van der Waals surface area contributed by atoms with Gasteiger partial charge in [0.1, 0.15) is 23.7 Å². The van der Waals surface area contributed by atoms with Crippen molar-refractivity contribution in [3.05, 3.63) is 76.6 Å². The average Bonchev–Trinajstić information content (AvgIpc) is 3.09. The summed E-state index contributed by atoms with van der Waals surface area (Å²) in [5, 5.41) is 5.91. The largest absolute Gasteiger partial charge is 0.495 e. The topological polar surface area (TPSA) is 129 Å². The molecule has 0 spiro atoms. The first-order chi connectivity index (χ1) is 24.6. The van der Waals surface area contributed by atoms with E-state index in [0.29, 0.717) is 29.4 Å². The molecule has 0 saturated heterocycles. The Bertz CT molecular complexity index is 1550. The van der Waals surface area contributed by atoms with Crippen LogP contribution in [0.25, 0.3) is 0 Å². The van der Waals surface area contributed by atoms with Gasteiger partial charge in [0.25, 0.3) is 0 Å². The van der Waals surface area contributed by atoms with E-state index in [1.807, 2.05) is 27.7 Å². The molecular weight excluding hydrogens is 691 g/mol. The van der Waals surface area contributed by atoms with Gasteiger partial charge < -0.3 is 29.6 Å². The van der Waals surface area contributed by atoms with Crippen molar-refractivity contribution in [2.75, 3.05) is 27.4 Å². The number of halogens is 2. The molecule has 52 heavy (non-hydrogen) atoms. The molecule has 1 heterocycles. The number of carbonyl (C=O) groups is 4. The molecule has 0 fully saturated rings. The van der Waals surface area contributed by atoms with E-state index in [0.717, 1.165) is 5.56 Å². The summed E-state index contributed by atoms with van der Waals surface area (Å²) in [4.78, 5) is 54.3. The number of esters is 2. The van der Waals surface area contributed by atoms with E-state index >= 15 is 0 Å². The van der Waals surface area contributed by atoms with E-state index in [4.69, 9.17) is 30.5 Å². The molecule has 0 aliphatic carbocycles. The minimum absolute atomic E-state index is 0.0154. The highest BCUT2D eigenvalue weighted by Crippen LogP contribution is 2.37. The monoisotopic (exact) mass is 744 g/mol. The van der Waals surface area contributed by atoms with Gasteiger partial charge in [-0.1, -0.05) is 63.6 Å². The van der Waals surface area contributed by atoms with Gasteiger partial charge in [-0.15, -0.1) is 0 Å². The predicted molar refractivity (Wildman–Crippen MR) is 197 cm³/mol. The van der Waals surface area contributed by atoms with Gasteiger partial charge in [0.2, 0.25) is 11.8 Å². The van der Waals surface area contributed by atoms with Gasteiger partial charge in [-0.3, -0.25) is 14.4 Å². The van der Waals surface area contributed by atoms with Crippen molar-refractivity contribution in [2.24, 2.45) is 23.2 Å². The highest BCUT2D eigenvalue weighted by atomic mass is 35.5. The van der Waals surface area contributed by atoms with Gasteiger partial charge in [-0.25, -0.2) is 9.18 Å². The van der Waals surface area contributed by atoms with Gasteiger partial charge in [-0.05, 0) is 91.8 Å². The average molecular weight is 745 g/mol. The van der Waals surface area contributed by atoms with Crippen LogP contribution in [-0.2, 0) is 39.8 Å². The van der Waals surface area contributed by atoms with Crippen molar-refractivity contribution >= 4 is 35.4 Å². The maximum atomic E-state index is 13.9. The Kier molecular flexibility index (Phi) is 16.1. The second-order valence-corrected chi connectivity index (χ2v) is 15.0. The number of methoxy groups -OCH3 is 2. The first-order valence-electron chi connectivity index (χ1n) is 17.8. The lowest BCUT2D eigenvalue weighted by Gasteiger charge is -2.35. The molecular formula is C40H54ClFN2O8. The summed E-state index contributed by atoms with van der Waals surface area (Å²) in [5.41, 5.74) is 0.362. The van der Waals surface area contributed by atoms with E-state index < -0.39 is 47.4 Å². The minimum Gasteiger partial charge on any atom is -0.495 e. The molecule has 0 saturated carbocycles. The van der Waals surface area contributed by atoms with E-state index in [1.165, 1.54) is 25.3 Å². The van der Waals surface area contributed by atoms with Gasteiger partial charge in [0, 0.05) is 33.1 Å². The van der Waals surface area contributed by atoms with Crippen LogP contribution in [0.3, 0.4) is 0 Å². The maximum absolute atomic E-state index is 13.9. The summed E-state index contributed by atoms with van der Waals surface area (Å²) < 4.78 is 36.5. The van der Waals surface area contributed by atoms with Crippen molar-refractivity contribution in [3.8, 4) is 5.75 Å². The molecule has 6 atom stereocenters. The molecule has 2 amide bonds. The molecule has 12 heteroatoms. The molecule has 1 aliphatic rings.